The summed E-state index contributed by atoms with van der Waals surface area (Å²) < 4.78 is 0. The van der Waals surface area contributed by atoms with E-state index in [0.717, 1.165) is 48.4 Å². The number of fused-ring (bicyclic) bond motifs is 1. The van der Waals surface area contributed by atoms with Crippen LogP contribution in [0.2, 0.25) is 0 Å². The van der Waals surface area contributed by atoms with Gasteiger partial charge in [-0.3, -0.25) is 14.7 Å². The van der Waals surface area contributed by atoms with Gasteiger partial charge >= 0.3 is 0 Å². The molecule has 25 heavy (non-hydrogen) atoms. The Balaban J connectivity index is 1.52. The molecule has 1 saturated heterocycles. The summed E-state index contributed by atoms with van der Waals surface area (Å²) in [5.41, 5.74) is 3.46. The van der Waals surface area contributed by atoms with E-state index >= 15 is 0 Å². The number of likely N-dealkylation sites (tertiary alicyclic amines) is 1. The maximum atomic E-state index is 12.9. The molecule has 0 amide bonds. The molecular formula is C21H22N2OS. The lowest BCUT2D eigenvalue weighted by Gasteiger charge is -2.32. The lowest BCUT2D eigenvalue weighted by atomic mass is 9.91. The van der Waals surface area contributed by atoms with Crippen LogP contribution < -0.4 is 0 Å². The number of hydrogen-bond donors (Lipinski definition) is 0. The second-order valence-electron chi connectivity index (χ2n) is 6.86. The Morgan fingerprint density at radius 3 is 3.00 bits per heavy atom. The Kier molecular flexibility index (Phi) is 4.64. The van der Waals surface area contributed by atoms with E-state index in [1.54, 1.807) is 11.3 Å². The zero-order valence-corrected chi connectivity index (χ0v) is 15.3. The summed E-state index contributed by atoms with van der Waals surface area (Å²) in [7, 11) is 0. The summed E-state index contributed by atoms with van der Waals surface area (Å²) in [6.45, 7) is 4.83. The average Bonchev–Trinajstić information content (AvgIpc) is 3.08. The number of rotatable bonds is 4. The highest BCUT2D eigenvalue weighted by molar-refractivity contribution is 7.12. The zero-order valence-electron chi connectivity index (χ0n) is 14.4. The van der Waals surface area contributed by atoms with Crippen LogP contribution in [-0.4, -0.2) is 28.8 Å². The van der Waals surface area contributed by atoms with Gasteiger partial charge in [0, 0.05) is 30.6 Å². The monoisotopic (exact) mass is 350 g/mol. The van der Waals surface area contributed by atoms with E-state index in [2.05, 4.69) is 34.1 Å². The fraction of sp³-hybridized carbons (Fsp3) is 0.333. The number of benzene rings is 1. The van der Waals surface area contributed by atoms with Crippen LogP contribution in [0.5, 0.6) is 0 Å². The minimum Gasteiger partial charge on any atom is -0.298 e. The zero-order chi connectivity index (χ0) is 17.2. The smallest absolute Gasteiger partial charge is 0.177 e. The third-order valence-corrected chi connectivity index (χ3v) is 6.13. The van der Waals surface area contributed by atoms with Crippen molar-refractivity contribution in [3.63, 3.8) is 0 Å². The van der Waals surface area contributed by atoms with Gasteiger partial charge in [-0.25, -0.2) is 0 Å². The van der Waals surface area contributed by atoms with Gasteiger partial charge in [-0.15, -0.1) is 11.3 Å². The number of hydrogen-bond acceptors (Lipinski definition) is 4. The van der Waals surface area contributed by atoms with Gasteiger partial charge in [0.15, 0.2) is 5.78 Å². The van der Waals surface area contributed by atoms with Gasteiger partial charge in [0.05, 0.1) is 10.4 Å². The van der Waals surface area contributed by atoms with Crippen molar-refractivity contribution in [2.75, 3.05) is 13.1 Å². The molecule has 3 nitrogen and oxygen atoms in total. The predicted molar refractivity (Wildman–Crippen MR) is 103 cm³/mol. The highest BCUT2D eigenvalue weighted by Crippen LogP contribution is 2.27. The number of piperidine rings is 1. The number of ketones is 1. The molecule has 128 valence electrons. The maximum absolute atomic E-state index is 12.9. The van der Waals surface area contributed by atoms with Crippen LogP contribution in [0, 0.1) is 12.8 Å². The molecular weight excluding hydrogens is 328 g/mol. The van der Waals surface area contributed by atoms with Crippen molar-refractivity contribution < 1.29 is 4.79 Å². The van der Waals surface area contributed by atoms with E-state index in [1.807, 2.05) is 30.6 Å². The van der Waals surface area contributed by atoms with Gasteiger partial charge in [-0.05, 0) is 61.0 Å². The Labute approximate surface area is 152 Å². The molecule has 1 unspecified atom stereocenters. The first-order chi connectivity index (χ1) is 12.2. The second kappa shape index (κ2) is 7.06. The number of carbonyl (C=O) groups excluding carboxylic acids is 1. The maximum Gasteiger partial charge on any atom is 0.177 e. The van der Waals surface area contributed by atoms with Crippen molar-refractivity contribution in [1.29, 1.82) is 0 Å². The highest BCUT2D eigenvalue weighted by atomic mass is 32.1. The third kappa shape index (κ3) is 3.37. The van der Waals surface area contributed by atoms with Crippen LogP contribution in [0.4, 0.5) is 0 Å². The molecule has 1 aliphatic heterocycles. The standard InChI is InChI=1S/C21H22N2OS/c1-15-9-12-25-21(15)20(24)17-5-4-11-23(14-17)13-16-8-10-22-19-7-3-2-6-18(16)19/h2-3,6-10,12,17H,4-5,11,13-14H2,1H3. The van der Waals surface area contributed by atoms with Gasteiger partial charge in [0.2, 0.25) is 0 Å². The van der Waals surface area contributed by atoms with Crippen molar-refractivity contribution in [2.45, 2.75) is 26.3 Å². The summed E-state index contributed by atoms with van der Waals surface area (Å²) >= 11 is 1.58. The van der Waals surface area contributed by atoms with Crippen molar-refractivity contribution in [3.05, 3.63) is 64.0 Å². The summed E-state index contributed by atoms with van der Waals surface area (Å²) in [5, 5.41) is 3.24. The number of thiophene rings is 1. The highest BCUT2D eigenvalue weighted by Gasteiger charge is 2.28. The summed E-state index contributed by atoms with van der Waals surface area (Å²) in [6, 6.07) is 12.4. The Morgan fingerprint density at radius 2 is 2.16 bits per heavy atom. The number of nitrogens with zero attached hydrogens (tertiary/aromatic N) is 2. The van der Waals surface area contributed by atoms with Gasteiger partial charge in [0.1, 0.15) is 0 Å². The molecule has 0 aliphatic carbocycles. The Hall–Kier alpha value is -2.04. The van der Waals surface area contributed by atoms with Gasteiger partial charge in [-0.1, -0.05) is 18.2 Å². The topological polar surface area (TPSA) is 33.2 Å². The Bertz CT molecular complexity index is 896. The molecule has 2 aromatic heterocycles. The summed E-state index contributed by atoms with van der Waals surface area (Å²) in [6.07, 6.45) is 3.98. The van der Waals surface area contributed by atoms with E-state index < -0.39 is 0 Å². The van der Waals surface area contributed by atoms with Crippen molar-refractivity contribution in [1.82, 2.24) is 9.88 Å². The second-order valence-corrected chi connectivity index (χ2v) is 7.77. The van der Waals surface area contributed by atoms with Gasteiger partial charge in [-0.2, -0.15) is 0 Å². The van der Waals surface area contributed by atoms with Gasteiger partial charge < -0.3 is 0 Å². The minimum atomic E-state index is 0.124. The molecule has 3 aromatic rings. The molecule has 1 aliphatic rings. The fourth-order valence-electron chi connectivity index (χ4n) is 3.76. The van der Waals surface area contributed by atoms with E-state index in [0.29, 0.717) is 5.78 Å². The first kappa shape index (κ1) is 16.4. The molecule has 1 fully saturated rings. The summed E-state index contributed by atoms with van der Waals surface area (Å²) in [5.74, 6) is 0.455. The SMILES string of the molecule is Cc1ccsc1C(=O)C1CCCN(Cc2ccnc3ccccc23)C1. The molecule has 4 rings (SSSR count). The molecule has 4 heteroatoms. The first-order valence-electron chi connectivity index (χ1n) is 8.85. The molecule has 1 aromatic carbocycles. The van der Waals surface area contributed by atoms with Crippen LogP contribution in [0.25, 0.3) is 10.9 Å². The third-order valence-electron chi connectivity index (χ3n) is 5.10. The van der Waals surface area contributed by atoms with Crippen LogP contribution in [0.1, 0.15) is 33.6 Å². The molecule has 0 spiro atoms. The van der Waals surface area contributed by atoms with Crippen LogP contribution in [-0.2, 0) is 6.54 Å². The largest absolute Gasteiger partial charge is 0.298 e. The quantitative estimate of drug-likeness (QED) is 0.640. The number of Topliss-reactive ketones (excluding diaryl/α,β-unsaturated/α-hetero) is 1. The summed E-state index contributed by atoms with van der Waals surface area (Å²) in [4.78, 5) is 20.7. The Morgan fingerprint density at radius 1 is 1.28 bits per heavy atom. The van der Waals surface area contributed by atoms with Crippen molar-refractivity contribution in [2.24, 2.45) is 5.92 Å². The van der Waals surface area contributed by atoms with E-state index in [9.17, 15) is 4.79 Å². The number of pyridine rings is 1. The molecule has 0 N–H and O–H groups in total. The van der Waals surface area contributed by atoms with Crippen LogP contribution >= 0.6 is 11.3 Å². The predicted octanol–water partition coefficient (Wildman–Crippen LogP) is 4.70. The minimum absolute atomic E-state index is 0.124. The van der Waals surface area contributed by atoms with E-state index in [4.69, 9.17) is 0 Å². The van der Waals surface area contributed by atoms with Crippen molar-refractivity contribution in [3.8, 4) is 0 Å². The first-order valence-corrected chi connectivity index (χ1v) is 9.73. The van der Waals surface area contributed by atoms with Crippen LogP contribution in [0.3, 0.4) is 0 Å². The number of aromatic nitrogens is 1. The lowest BCUT2D eigenvalue weighted by Crippen LogP contribution is -2.38. The van der Waals surface area contributed by atoms with E-state index in [-0.39, 0.29) is 5.92 Å². The molecule has 1 atom stereocenters. The molecule has 0 radical (unpaired) electrons. The normalized spacial score (nSPS) is 18.5. The van der Waals surface area contributed by atoms with Gasteiger partial charge in [0.25, 0.3) is 0 Å². The fourth-order valence-corrected chi connectivity index (χ4v) is 4.70. The number of para-hydroxylation sites is 1. The lowest BCUT2D eigenvalue weighted by molar-refractivity contribution is 0.0816. The molecule has 3 heterocycles. The average molecular weight is 350 g/mol. The number of aryl methyl sites for hydroxylation is 1. The van der Waals surface area contributed by atoms with E-state index in [1.165, 1.54) is 10.9 Å². The molecule has 0 saturated carbocycles. The van der Waals surface area contributed by atoms with Crippen molar-refractivity contribution >= 4 is 28.0 Å². The molecule has 0 bridgehead atoms. The number of carbonyl (C=O) groups is 1. The van der Waals surface area contributed by atoms with Crippen LogP contribution in [0.15, 0.2) is 48.0 Å².